The van der Waals surface area contributed by atoms with Crippen LogP contribution in [0.2, 0.25) is 0 Å². The van der Waals surface area contributed by atoms with E-state index in [1.165, 1.54) is 0 Å². The van der Waals surface area contributed by atoms with E-state index in [0.717, 1.165) is 27.6 Å². The first-order valence-electron chi connectivity index (χ1n) is 8.46. The molecular weight excluding hydrogens is 344 g/mol. The predicted octanol–water partition coefficient (Wildman–Crippen LogP) is 3.65. The van der Waals surface area contributed by atoms with Crippen LogP contribution in [-0.4, -0.2) is 26.0 Å². The van der Waals surface area contributed by atoms with Gasteiger partial charge in [0.05, 0.1) is 18.9 Å². The Morgan fingerprint density at radius 2 is 1.81 bits per heavy atom. The summed E-state index contributed by atoms with van der Waals surface area (Å²) in [6.45, 7) is 2.16. The van der Waals surface area contributed by atoms with Crippen LogP contribution in [0, 0.1) is 6.92 Å². The fraction of sp³-hybridized carbons (Fsp3) is 0.143. The molecule has 27 heavy (non-hydrogen) atoms. The summed E-state index contributed by atoms with van der Waals surface area (Å²) in [5, 5.41) is 6.05. The lowest BCUT2D eigenvalue weighted by Gasteiger charge is -2.09. The van der Waals surface area contributed by atoms with E-state index in [1.54, 1.807) is 19.4 Å². The molecule has 0 fully saturated rings. The van der Waals surface area contributed by atoms with E-state index < -0.39 is 0 Å². The van der Waals surface area contributed by atoms with Crippen LogP contribution in [0.1, 0.15) is 21.5 Å². The van der Waals surface area contributed by atoms with Crippen molar-refractivity contribution in [2.24, 2.45) is 5.10 Å². The van der Waals surface area contributed by atoms with E-state index in [9.17, 15) is 4.79 Å². The van der Waals surface area contributed by atoms with Crippen LogP contribution < -0.4 is 19.6 Å². The van der Waals surface area contributed by atoms with Gasteiger partial charge in [-0.2, -0.15) is 5.10 Å². The highest BCUT2D eigenvalue weighted by atomic mass is 16.7. The molecule has 0 atom stereocenters. The number of nitrogens with one attached hydrogen (secondary N) is 1. The van der Waals surface area contributed by atoms with Gasteiger partial charge in [-0.3, -0.25) is 4.79 Å². The second kappa shape index (κ2) is 6.99. The average molecular weight is 362 g/mol. The number of rotatable bonds is 4. The number of hydrogen-bond acceptors (Lipinski definition) is 5. The van der Waals surface area contributed by atoms with E-state index in [1.807, 2.05) is 49.4 Å². The predicted molar refractivity (Wildman–Crippen MR) is 103 cm³/mol. The number of fused-ring (bicyclic) bond motifs is 2. The normalized spacial score (nSPS) is 12.5. The van der Waals surface area contributed by atoms with Gasteiger partial charge in [0, 0.05) is 5.56 Å². The molecule has 1 N–H and O–H groups in total. The number of ether oxygens (including phenoxy) is 3. The number of methoxy groups -OCH3 is 1. The van der Waals surface area contributed by atoms with E-state index in [-0.39, 0.29) is 12.7 Å². The fourth-order valence-electron chi connectivity index (χ4n) is 2.98. The minimum absolute atomic E-state index is 0.216. The number of amides is 1. The van der Waals surface area contributed by atoms with Crippen molar-refractivity contribution < 1.29 is 19.0 Å². The summed E-state index contributed by atoms with van der Waals surface area (Å²) in [5.41, 5.74) is 4.80. The van der Waals surface area contributed by atoms with E-state index in [0.29, 0.717) is 17.1 Å². The number of hydrazone groups is 1. The molecule has 0 saturated carbocycles. The Balaban J connectivity index is 1.56. The monoisotopic (exact) mass is 362 g/mol. The van der Waals surface area contributed by atoms with Gasteiger partial charge in [-0.1, -0.05) is 24.3 Å². The Kier molecular flexibility index (Phi) is 4.38. The first kappa shape index (κ1) is 16.9. The van der Waals surface area contributed by atoms with Crippen LogP contribution in [0.4, 0.5) is 0 Å². The fourth-order valence-corrected chi connectivity index (χ4v) is 2.98. The van der Waals surface area contributed by atoms with Gasteiger partial charge >= 0.3 is 0 Å². The smallest absolute Gasteiger partial charge is 0.275 e. The Hall–Kier alpha value is -3.54. The largest absolute Gasteiger partial charge is 0.496 e. The van der Waals surface area contributed by atoms with Crippen molar-refractivity contribution >= 4 is 22.9 Å². The maximum Gasteiger partial charge on any atom is 0.275 e. The topological polar surface area (TPSA) is 69.2 Å². The zero-order valence-electron chi connectivity index (χ0n) is 15.0. The highest BCUT2D eigenvalue weighted by Gasteiger charge is 2.15. The molecule has 1 amide bonds. The van der Waals surface area contributed by atoms with Gasteiger partial charge in [0.1, 0.15) is 5.75 Å². The number of nitrogens with zero attached hydrogens (tertiary/aromatic N) is 1. The summed E-state index contributed by atoms with van der Waals surface area (Å²) < 4.78 is 16.1. The standard InChI is InChI=1S/C21H18N2O4/c1-13-7-19-20(27-12-26-19)10-16(13)11-22-23-21(24)17-8-14-5-3-4-6-15(14)9-18(17)25-2/h3-11H,12H2,1-2H3,(H,23,24). The van der Waals surface area contributed by atoms with Gasteiger partial charge in [0.2, 0.25) is 6.79 Å². The zero-order valence-corrected chi connectivity index (χ0v) is 15.0. The third-order valence-corrected chi connectivity index (χ3v) is 4.44. The molecule has 3 aromatic rings. The van der Waals surface area contributed by atoms with Crippen molar-refractivity contribution in [1.29, 1.82) is 0 Å². The summed E-state index contributed by atoms with van der Waals surface area (Å²) in [4.78, 5) is 12.6. The lowest BCUT2D eigenvalue weighted by Crippen LogP contribution is -2.18. The third kappa shape index (κ3) is 3.29. The van der Waals surface area contributed by atoms with Crippen molar-refractivity contribution in [3.63, 3.8) is 0 Å². The van der Waals surface area contributed by atoms with Gasteiger partial charge in [0.15, 0.2) is 11.5 Å². The van der Waals surface area contributed by atoms with Crippen LogP contribution in [0.5, 0.6) is 17.2 Å². The molecule has 136 valence electrons. The van der Waals surface area contributed by atoms with Crippen LogP contribution in [0.3, 0.4) is 0 Å². The first-order valence-corrected chi connectivity index (χ1v) is 8.46. The van der Waals surface area contributed by atoms with Gasteiger partial charge < -0.3 is 14.2 Å². The minimum Gasteiger partial charge on any atom is -0.496 e. The molecular formula is C21H18N2O4. The van der Waals surface area contributed by atoms with Gasteiger partial charge in [0.25, 0.3) is 5.91 Å². The summed E-state index contributed by atoms with van der Waals surface area (Å²) in [6, 6.07) is 15.2. The Bertz CT molecular complexity index is 1060. The van der Waals surface area contributed by atoms with Gasteiger partial charge in [-0.15, -0.1) is 0 Å². The lowest BCUT2D eigenvalue weighted by atomic mass is 10.1. The van der Waals surface area contributed by atoms with Crippen molar-refractivity contribution in [2.75, 3.05) is 13.9 Å². The first-order chi connectivity index (χ1) is 13.2. The summed E-state index contributed by atoms with van der Waals surface area (Å²) >= 11 is 0. The zero-order chi connectivity index (χ0) is 18.8. The van der Waals surface area contributed by atoms with Crippen LogP contribution >= 0.6 is 0 Å². The number of carbonyl (C=O) groups is 1. The maximum atomic E-state index is 12.6. The number of carbonyl (C=O) groups excluding carboxylic acids is 1. The van der Waals surface area contributed by atoms with Gasteiger partial charge in [-0.25, -0.2) is 5.43 Å². The highest BCUT2D eigenvalue weighted by Crippen LogP contribution is 2.34. The lowest BCUT2D eigenvalue weighted by molar-refractivity contribution is 0.0952. The highest BCUT2D eigenvalue weighted by molar-refractivity contribution is 6.02. The molecule has 3 aromatic carbocycles. The second-order valence-corrected chi connectivity index (χ2v) is 6.16. The molecule has 0 aliphatic carbocycles. The van der Waals surface area contributed by atoms with E-state index in [4.69, 9.17) is 14.2 Å². The Morgan fingerprint density at radius 3 is 2.56 bits per heavy atom. The number of aryl methyl sites for hydroxylation is 1. The van der Waals surface area contributed by atoms with E-state index in [2.05, 4.69) is 10.5 Å². The molecule has 0 radical (unpaired) electrons. The van der Waals surface area contributed by atoms with Crippen LogP contribution in [0.15, 0.2) is 53.6 Å². The maximum absolute atomic E-state index is 12.6. The van der Waals surface area contributed by atoms with Crippen molar-refractivity contribution in [3.05, 3.63) is 65.2 Å². The van der Waals surface area contributed by atoms with Gasteiger partial charge in [-0.05, 0) is 47.5 Å². The molecule has 6 heteroatoms. The number of hydrogen-bond donors (Lipinski definition) is 1. The molecule has 0 saturated heterocycles. The summed E-state index contributed by atoms with van der Waals surface area (Å²) in [7, 11) is 1.54. The van der Waals surface area contributed by atoms with E-state index >= 15 is 0 Å². The third-order valence-electron chi connectivity index (χ3n) is 4.44. The molecule has 1 heterocycles. The Labute approximate surface area is 156 Å². The molecule has 0 bridgehead atoms. The minimum atomic E-state index is -0.341. The molecule has 0 unspecified atom stereocenters. The number of benzene rings is 3. The molecule has 6 nitrogen and oxygen atoms in total. The van der Waals surface area contributed by atoms with Crippen molar-refractivity contribution in [2.45, 2.75) is 6.92 Å². The average Bonchev–Trinajstić information content (AvgIpc) is 3.14. The molecule has 0 spiro atoms. The quantitative estimate of drug-likeness (QED) is 0.568. The molecule has 1 aliphatic rings. The second-order valence-electron chi connectivity index (χ2n) is 6.16. The van der Waals surface area contributed by atoms with Crippen molar-refractivity contribution in [1.82, 2.24) is 5.43 Å². The van der Waals surface area contributed by atoms with Crippen LogP contribution in [0.25, 0.3) is 10.8 Å². The molecule has 4 rings (SSSR count). The van der Waals surface area contributed by atoms with Crippen LogP contribution in [-0.2, 0) is 0 Å². The molecule has 1 aliphatic heterocycles. The van der Waals surface area contributed by atoms with Crippen molar-refractivity contribution in [3.8, 4) is 17.2 Å². The SMILES string of the molecule is COc1cc2ccccc2cc1C(=O)NN=Cc1cc2c(cc1C)OCO2. The Morgan fingerprint density at radius 1 is 1.11 bits per heavy atom. The summed E-state index contributed by atoms with van der Waals surface area (Å²) in [6.07, 6.45) is 1.59. The molecule has 0 aromatic heterocycles. The summed E-state index contributed by atoms with van der Waals surface area (Å²) in [5.74, 6) is 1.55.